The molecule has 0 fully saturated rings. The van der Waals surface area contributed by atoms with Crippen LogP contribution in [-0.4, -0.2) is 15.4 Å². The number of nitrogens with zero attached hydrogens (tertiary/aromatic N) is 3. The third-order valence-electron chi connectivity index (χ3n) is 3.03. The maximum Gasteiger partial charge on any atom is 0.320 e. The van der Waals surface area contributed by atoms with Gasteiger partial charge in [0.15, 0.2) is 5.69 Å². The second kappa shape index (κ2) is 4.80. The van der Waals surface area contributed by atoms with E-state index in [-0.39, 0.29) is 0 Å². The van der Waals surface area contributed by atoms with E-state index >= 15 is 0 Å². The molecule has 6 heteroatoms. The second-order valence-electron chi connectivity index (χ2n) is 4.66. The Balaban J connectivity index is 1.82. The molecule has 102 valence electrons. The van der Waals surface area contributed by atoms with Crippen molar-refractivity contribution in [1.29, 1.82) is 0 Å². The topological polar surface area (TPSA) is 77.0 Å². The molecule has 0 unspecified atom stereocenters. The standard InChI is InChI=1S/C14H14N4O2/c1-8-4-5-11(6-9(8)2)15-14-17-16-13(19-14)12-7-10(3)20-18-12/h4-7H,1-3H3,(H,15,17). The summed E-state index contributed by atoms with van der Waals surface area (Å²) < 4.78 is 10.5. The molecule has 0 spiro atoms. The molecule has 3 rings (SSSR count). The lowest BCUT2D eigenvalue weighted by atomic mass is 10.1. The molecule has 0 saturated carbocycles. The van der Waals surface area contributed by atoms with Crippen molar-refractivity contribution in [2.75, 3.05) is 5.32 Å². The van der Waals surface area contributed by atoms with Crippen molar-refractivity contribution >= 4 is 11.7 Å². The van der Waals surface area contributed by atoms with Crippen LogP contribution in [0.2, 0.25) is 0 Å². The molecule has 0 atom stereocenters. The molecule has 1 N–H and O–H groups in total. The maximum absolute atomic E-state index is 5.50. The molecule has 0 aliphatic heterocycles. The Labute approximate surface area is 115 Å². The number of rotatable bonds is 3. The maximum atomic E-state index is 5.50. The summed E-state index contributed by atoms with van der Waals surface area (Å²) in [5.74, 6) is 1.02. The van der Waals surface area contributed by atoms with Gasteiger partial charge in [0, 0.05) is 11.8 Å². The number of hydrogen-bond donors (Lipinski definition) is 1. The van der Waals surface area contributed by atoms with Crippen LogP contribution in [0.15, 0.2) is 33.2 Å². The number of benzene rings is 1. The molecule has 6 nitrogen and oxygen atoms in total. The number of aromatic nitrogens is 3. The Hall–Kier alpha value is -2.63. The smallest absolute Gasteiger partial charge is 0.320 e. The summed E-state index contributed by atoms with van der Waals surface area (Å²) in [5.41, 5.74) is 3.87. The monoisotopic (exact) mass is 270 g/mol. The van der Waals surface area contributed by atoms with E-state index in [1.807, 2.05) is 18.2 Å². The Kier molecular flexibility index (Phi) is 2.98. The SMILES string of the molecule is Cc1cc(-c2nnc(Nc3ccc(C)c(C)c3)o2)no1. The van der Waals surface area contributed by atoms with Crippen molar-refractivity contribution in [2.24, 2.45) is 0 Å². The molecule has 0 saturated heterocycles. The molecule has 0 radical (unpaired) electrons. The van der Waals surface area contributed by atoms with Crippen LogP contribution in [0.25, 0.3) is 11.6 Å². The van der Waals surface area contributed by atoms with Crippen LogP contribution in [0, 0.1) is 20.8 Å². The first-order valence-corrected chi connectivity index (χ1v) is 6.23. The Morgan fingerprint density at radius 3 is 2.55 bits per heavy atom. The molecule has 1 aromatic carbocycles. The van der Waals surface area contributed by atoms with Gasteiger partial charge in [-0.1, -0.05) is 16.3 Å². The van der Waals surface area contributed by atoms with Gasteiger partial charge in [-0.15, -0.1) is 5.10 Å². The van der Waals surface area contributed by atoms with E-state index in [2.05, 4.69) is 34.5 Å². The van der Waals surface area contributed by atoms with E-state index in [1.54, 1.807) is 13.0 Å². The van der Waals surface area contributed by atoms with Crippen LogP contribution in [0.5, 0.6) is 0 Å². The lowest BCUT2D eigenvalue weighted by Gasteiger charge is -2.04. The van der Waals surface area contributed by atoms with Crippen molar-refractivity contribution in [3.63, 3.8) is 0 Å². The third kappa shape index (κ3) is 2.40. The predicted molar refractivity (Wildman–Crippen MR) is 73.7 cm³/mol. The predicted octanol–water partition coefficient (Wildman–Crippen LogP) is 3.39. The first-order chi connectivity index (χ1) is 9.61. The number of anilines is 2. The molecule has 3 aromatic rings. The van der Waals surface area contributed by atoms with Gasteiger partial charge in [0.1, 0.15) is 5.76 Å². The zero-order valence-corrected chi connectivity index (χ0v) is 11.5. The Morgan fingerprint density at radius 1 is 1.00 bits per heavy atom. The average Bonchev–Trinajstić information content (AvgIpc) is 3.03. The minimum absolute atomic E-state index is 0.323. The van der Waals surface area contributed by atoms with E-state index in [0.717, 1.165) is 5.69 Å². The highest BCUT2D eigenvalue weighted by Crippen LogP contribution is 2.22. The van der Waals surface area contributed by atoms with Gasteiger partial charge in [-0.3, -0.25) is 0 Å². The molecular formula is C14H14N4O2. The normalized spacial score (nSPS) is 10.8. The van der Waals surface area contributed by atoms with Crippen molar-refractivity contribution in [3.8, 4) is 11.6 Å². The zero-order valence-electron chi connectivity index (χ0n) is 11.5. The second-order valence-corrected chi connectivity index (χ2v) is 4.66. The van der Waals surface area contributed by atoms with E-state index in [1.165, 1.54) is 11.1 Å². The van der Waals surface area contributed by atoms with Crippen LogP contribution in [0.4, 0.5) is 11.7 Å². The van der Waals surface area contributed by atoms with Crippen molar-refractivity contribution in [2.45, 2.75) is 20.8 Å². The molecule has 0 bridgehead atoms. The van der Waals surface area contributed by atoms with Crippen LogP contribution >= 0.6 is 0 Å². The highest BCUT2D eigenvalue weighted by atomic mass is 16.5. The van der Waals surface area contributed by atoms with Crippen LogP contribution in [0.1, 0.15) is 16.9 Å². The summed E-state index contributed by atoms with van der Waals surface area (Å²) in [6, 6.07) is 8.10. The molecule has 0 aliphatic carbocycles. The van der Waals surface area contributed by atoms with Crippen molar-refractivity contribution < 1.29 is 8.94 Å². The first-order valence-electron chi connectivity index (χ1n) is 6.23. The fourth-order valence-electron chi connectivity index (χ4n) is 1.79. The number of nitrogens with one attached hydrogen (secondary N) is 1. The molecule has 2 heterocycles. The zero-order chi connectivity index (χ0) is 14.1. The van der Waals surface area contributed by atoms with Gasteiger partial charge >= 0.3 is 6.01 Å². The Bertz CT molecular complexity index is 745. The first kappa shape index (κ1) is 12.4. The Morgan fingerprint density at radius 2 is 1.85 bits per heavy atom. The molecule has 2 aromatic heterocycles. The van der Waals surface area contributed by atoms with Gasteiger partial charge in [0.05, 0.1) is 0 Å². The van der Waals surface area contributed by atoms with Crippen LogP contribution < -0.4 is 5.32 Å². The fraction of sp³-hybridized carbons (Fsp3) is 0.214. The summed E-state index contributed by atoms with van der Waals surface area (Å²) in [4.78, 5) is 0. The minimum atomic E-state index is 0.323. The summed E-state index contributed by atoms with van der Waals surface area (Å²) in [5, 5.41) is 14.8. The largest absolute Gasteiger partial charge is 0.401 e. The van der Waals surface area contributed by atoms with E-state index in [4.69, 9.17) is 8.94 Å². The van der Waals surface area contributed by atoms with Gasteiger partial charge in [0.25, 0.3) is 5.89 Å². The van der Waals surface area contributed by atoms with Crippen molar-refractivity contribution in [3.05, 3.63) is 41.2 Å². The summed E-state index contributed by atoms with van der Waals surface area (Å²) in [6.45, 7) is 5.93. The fourth-order valence-corrected chi connectivity index (χ4v) is 1.79. The molecule has 20 heavy (non-hydrogen) atoms. The minimum Gasteiger partial charge on any atom is -0.401 e. The van der Waals surface area contributed by atoms with Gasteiger partial charge in [0.2, 0.25) is 0 Å². The summed E-state index contributed by atoms with van der Waals surface area (Å²) in [6.07, 6.45) is 0. The molecular weight excluding hydrogens is 256 g/mol. The number of hydrogen-bond acceptors (Lipinski definition) is 6. The summed E-state index contributed by atoms with van der Waals surface area (Å²) >= 11 is 0. The van der Waals surface area contributed by atoms with Gasteiger partial charge in [-0.25, -0.2) is 0 Å². The summed E-state index contributed by atoms with van der Waals surface area (Å²) in [7, 11) is 0. The number of aryl methyl sites for hydroxylation is 3. The van der Waals surface area contributed by atoms with E-state index < -0.39 is 0 Å². The van der Waals surface area contributed by atoms with Crippen LogP contribution in [-0.2, 0) is 0 Å². The quantitative estimate of drug-likeness (QED) is 0.786. The highest BCUT2D eigenvalue weighted by Gasteiger charge is 2.12. The van der Waals surface area contributed by atoms with E-state index in [0.29, 0.717) is 23.4 Å². The lowest BCUT2D eigenvalue weighted by Crippen LogP contribution is -1.91. The highest BCUT2D eigenvalue weighted by molar-refractivity contribution is 5.56. The third-order valence-corrected chi connectivity index (χ3v) is 3.03. The van der Waals surface area contributed by atoms with Gasteiger partial charge in [-0.05, 0) is 44.0 Å². The lowest BCUT2D eigenvalue weighted by molar-refractivity contribution is 0.397. The molecule has 0 aliphatic rings. The van der Waals surface area contributed by atoms with Gasteiger partial charge < -0.3 is 14.3 Å². The van der Waals surface area contributed by atoms with Gasteiger partial charge in [-0.2, -0.15) is 0 Å². The molecule has 0 amide bonds. The van der Waals surface area contributed by atoms with E-state index in [9.17, 15) is 0 Å². The van der Waals surface area contributed by atoms with Crippen LogP contribution in [0.3, 0.4) is 0 Å². The van der Waals surface area contributed by atoms with Crippen molar-refractivity contribution in [1.82, 2.24) is 15.4 Å². The average molecular weight is 270 g/mol.